The van der Waals surface area contributed by atoms with Gasteiger partial charge in [0.15, 0.2) is 9.84 Å². The first kappa shape index (κ1) is 19.1. The van der Waals surface area contributed by atoms with Crippen LogP contribution < -0.4 is 5.32 Å². The van der Waals surface area contributed by atoms with E-state index in [2.05, 4.69) is 5.32 Å². The van der Waals surface area contributed by atoms with Crippen LogP contribution in [-0.2, 0) is 25.8 Å². The van der Waals surface area contributed by atoms with Gasteiger partial charge in [-0.05, 0) is 23.8 Å². The Labute approximate surface area is 151 Å². The number of carbonyl (C=O) groups is 1. The first-order valence-corrected chi connectivity index (χ1v) is 9.86. The molecule has 25 heavy (non-hydrogen) atoms. The molecule has 0 unspecified atom stereocenters. The molecule has 6 nitrogen and oxygen atoms in total. The molecule has 0 bridgehead atoms. The van der Waals surface area contributed by atoms with E-state index in [9.17, 15) is 18.3 Å². The first-order chi connectivity index (χ1) is 11.8. The van der Waals surface area contributed by atoms with Gasteiger partial charge in [-0.25, -0.2) is 8.42 Å². The van der Waals surface area contributed by atoms with Crippen LogP contribution in [-0.4, -0.2) is 38.1 Å². The van der Waals surface area contributed by atoms with Crippen molar-refractivity contribution in [1.29, 1.82) is 0 Å². The van der Waals surface area contributed by atoms with Crippen molar-refractivity contribution in [2.45, 2.75) is 6.42 Å². The van der Waals surface area contributed by atoms with Crippen molar-refractivity contribution in [3.05, 3.63) is 53.1 Å². The maximum atomic E-state index is 11.9. The summed E-state index contributed by atoms with van der Waals surface area (Å²) in [7, 11) is -3.18. The predicted molar refractivity (Wildman–Crippen MR) is 97.2 cm³/mol. The zero-order chi connectivity index (χ0) is 18.4. The molecule has 0 amide bonds. The number of sulfone groups is 1. The standard InChI is InChI=1S/C17H18ClNO5S/c1-25(22,23)10-9-24-16(21)11-12-5-2-3-7-14(12)19-17-13(18)6-4-8-15(17)20/h2-8,19-20H,9-11H2,1H3. The van der Waals surface area contributed by atoms with Crippen LogP contribution in [0.5, 0.6) is 5.75 Å². The molecule has 0 atom stereocenters. The summed E-state index contributed by atoms with van der Waals surface area (Å²) in [6.45, 7) is -0.182. The molecule has 0 spiro atoms. The summed E-state index contributed by atoms with van der Waals surface area (Å²) in [5.41, 5.74) is 1.55. The van der Waals surface area contributed by atoms with E-state index in [1.807, 2.05) is 0 Å². The molecule has 134 valence electrons. The van der Waals surface area contributed by atoms with Crippen LogP contribution in [0.15, 0.2) is 42.5 Å². The Hall–Kier alpha value is -2.25. The monoisotopic (exact) mass is 383 g/mol. The SMILES string of the molecule is CS(=O)(=O)CCOC(=O)Cc1ccccc1Nc1c(O)cccc1Cl. The van der Waals surface area contributed by atoms with Crippen molar-refractivity contribution in [2.75, 3.05) is 23.9 Å². The average molecular weight is 384 g/mol. The third-order valence-electron chi connectivity index (χ3n) is 3.32. The molecule has 0 aliphatic carbocycles. The van der Waals surface area contributed by atoms with Crippen molar-refractivity contribution in [3.63, 3.8) is 0 Å². The number of para-hydroxylation sites is 2. The molecule has 0 saturated carbocycles. The second-order valence-corrected chi connectivity index (χ2v) is 8.11. The fourth-order valence-electron chi connectivity index (χ4n) is 2.08. The quantitative estimate of drug-likeness (QED) is 0.564. The number of hydrogen-bond donors (Lipinski definition) is 2. The van der Waals surface area contributed by atoms with E-state index in [0.717, 1.165) is 6.26 Å². The van der Waals surface area contributed by atoms with Gasteiger partial charge in [0.05, 0.1) is 22.9 Å². The second kappa shape index (κ2) is 8.22. The smallest absolute Gasteiger partial charge is 0.310 e. The zero-order valence-electron chi connectivity index (χ0n) is 13.5. The van der Waals surface area contributed by atoms with Crippen LogP contribution in [0.25, 0.3) is 0 Å². The molecule has 0 saturated heterocycles. The van der Waals surface area contributed by atoms with E-state index < -0.39 is 15.8 Å². The Kier molecular flexibility index (Phi) is 6.27. The zero-order valence-corrected chi connectivity index (χ0v) is 15.1. The lowest BCUT2D eigenvalue weighted by molar-refractivity contribution is -0.142. The third-order valence-corrected chi connectivity index (χ3v) is 4.54. The lowest BCUT2D eigenvalue weighted by atomic mass is 10.1. The number of benzene rings is 2. The number of carbonyl (C=O) groups excluding carboxylic acids is 1. The molecule has 0 fully saturated rings. The second-order valence-electron chi connectivity index (χ2n) is 5.44. The largest absolute Gasteiger partial charge is 0.506 e. The highest BCUT2D eigenvalue weighted by molar-refractivity contribution is 7.90. The Balaban J connectivity index is 2.09. The summed E-state index contributed by atoms with van der Waals surface area (Å²) < 4.78 is 27.1. The van der Waals surface area contributed by atoms with Gasteiger partial charge in [0.1, 0.15) is 12.4 Å². The summed E-state index contributed by atoms with van der Waals surface area (Å²) in [6, 6.07) is 11.7. The van der Waals surface area contributed by atoms with Crippen LogP contribution >= 0.6 is 11.6 Å². The van der Waals surface area contributed by atoms with Crippen molar-refractivity contribution in [1.82, 2.24) is 0 Å². The number of anilines is 2. The fraction of sp³-hybridized carbons (Fsp3) is 0.235. The van der Waals surface area contributed by atoms with E-state index in [0.29, 0.717) is 22.0 Å². The van der Waals surface area contributed by atoms with Crippen LogP contribution in [0.3, 0.4) is 0 Å². The van der Waals surface area contributed by atoms with Crippen molar-refractivity contribution >= 4 is 38.8 Å². The molecule has 2 aromatic rings. The minimum atomic E-state index is -3.18. The third kappa shape index (κ3) is 5.95. The lowest BCUT2D eigenvalue weighted by Gasteiger charge is -2.14. The van der Waals surface area contributed by atoms with Gasteiger partial charge in [-0.3, -0.25) is 4.79 Å². The molecule has 0 aliphatic rings. The van der Waals surface area contributed by atoms with E-state index in [-0.39, 0.29) is 24.5 Å². The van der Waals surface area contributed by atoms with Gasteiger partial charge in [-0.15, -0.1) is 0 Å². The molecular formula is C17H18ClNO5S. The summed E-state index contributed by atoms with van der Waals surface area (Å²) in [5.74, 6) is -0.772. The highest BCUT2D eigenvalue weighted by Gasteiger charge is 2.13. The number of aromatic hydroxyl groups is 1. The maximum Gasteiger partial charge on any atom is 0.310 e. The minimum absolute atomic E-state index is 0.0157. The Morgan fingerprint density at radius 2 is 1.92 bits per heavy atom. The summed E-state index contributed by atoms with van der Waals surface area (Å²) in [6.07, 6.45) is 1.04. The molecular weight excluding hydrogens is 366 g/mol. The van der Waals surface area contributed by atoms with Crippen LogP contribution in [0.4, 0.5) is 11.4 Å². The average Bonchev–Trinajstić information content (AvgIpc) is 2.51. The summed E-state index contributed by atoms with van der Waals surface area (Å²) in [5, 5.41) is 13.3. The van der Waals surface area contributed by atoms with E-state index in [4.69, 9.17) is 16.3 Å². The molecule has 2 aromatic carbocycles. The number of phenolic OH excluding ortho intramolecular Hbond substituents is 1. The number of phenols is 1. The predicted octanol–water partition coefficient (Wildman–Crippen LogP) is 2.92. The number of ether oxygens (including phenoxy) is 1. The molecule has 0 aliphatic heterocycles. The van der Waals surface area contributed by atoms with E-state index in [1.165, 1.54) is 6.07 Å². The van der Waals surface area contributed by atoms with E-state index >= 15 is 0 Å². The Morgan fingerprint density at radius 1 is 1.20 bits per heavy atom. The molecule has 2 N–H and O–H groups in total. The molecule has 0 heterocycles. The normalized spacial score (nSPS) is 11.1. The van der Waals surface area contributed by atoms with Gasteiger partial charge in [0.25, 0.3) is 0 Å². The number of nitrogens with one attached hydrogen (secondary N) is 1. The Morgan fingerprint density at radius 3 is 2.60 bits per heavy atom. The molecule has 2 rings (SSSR count). The first-order valence-electron chi connectivity index (χ1n) is 7.42. The van der Waals surface area contributed by atoms with Gasteiger partial charge in [-0.2, -0.15) is 0 Å². The Bertz CT molecular complexity index is 847. The number of esters is 1. The van der Waals surface area contributed by atoms with Gasteiger partial charge >= 0.3 is 5.97 Å². The minimum Gasteiger partial charge on any atom is -0.506 e. The summed E-state index contributed by atoms with van der Waals surface area (Å²) in [4.78, 5) is 11.9. The van der Waals surface area contributed by atoms with Gasteiger partial charge < -0.3 is 15.2 Å². The van der Waals surface area contributed by atoms with Crippen molar-refractivity contribution < 1.29 is 23.1 Å². The van der Waals surface area contributed by atoms with Crippen LogP contribution in [0.1, 0.15) is 5.56 Å². The molecule has 0 radical (unpaired) electrons. The molecule has 8 heteroatoms. The van der Waals surface area contributed by atoms with Gasteiger partial charge in [-0.1, -0.05) is 35.9 Å². The number of halogens is 1. The fourth-order valence-corrected chi connectivity index (χ4v) is 2.68. The van der Waals surface area contributed by atoms with Crippen LogP contribution in [0.2, 0.25) is 5.02 Å². The number of rotatable bonds is 7. The highest BCUT2D eigenvalue weighted by atomic mass is 35.5. The summed E-state index contributed by atoms with van der Waals surface area (Å²) >= 11 is 6.08. The van der Waals surface area contributed by atoms with E-state index in [1.54, 1.807) is 36.4 Å². The molecule has 0 aromatic heterocycles. The van der Waals surface area contributed by atoms with Gasteiger partial charge in [0, 0.05) is 11.9 Å². The van der Waals surface area contributed by atoms with Gasteiger partial charge in [0.2, 0.25) is 0 Å². The van der Waals surface area contributed by atoms with Crippen molar-refractivity contribution in [3.8, 4) is 5.75 Å². The van der Waals surface area contributed by atoms with Crippen LogP contribution in [0, 0.1) is 0 Å². The maximum absolute atomic E-state index is 11.9. The van der Waals surface area contributed by atoms with Crippen molar-refractivity contribution in [2.24, 2.45) is 0 Å². The topological polar surface area (TPSA) is 92.7 Å². The highest BCUT2D eigenvalue weighted by Crippen LogP contribution is 2.34. The number of hydrogen-bond acceptors (Lipinski definition) is 6. The lowest BCUT2D eigenvalue weighted by Crippen LogP contribution is -2.16.